The second-order valence-corrected chi connectivity index (χ2v) is 4.86. The third-order valence-corrected chi connectivity index (χ3v) is 3.41. The maximum Gasteiger partial charge on any atom is 0.323 e. The molecule has 0 saturated heterocycles. The van der Waals surface area contributed by atoms with Gasteiger partial charge in [0.1, 0.15) is 5.54 Å². The van der Waals surface area contributed by atoms with Gasteiger partial charge in [0.05, 0.1) is 0 Å². The molecule has 0 aromatic carbocycles. The van der Waals surface area contributed by atoms with E-state index in [1.807, 2.05) is 0 Å². The van der Waals surface area contributed by atoms with E-state index < -0.39 is 11.5 Å². The van der Waals surface area contributed by atoms with Crippen molar-refractivity contribution >= 4 is 5.97 Å². The molecule has 1 fully saturated rings. The van der Waals surface area contributed by atoms with Gasteiger partial charge in [-0.25, -0.2) is 0 Å². The van der Waals surface area contributed by atoms with E-state index in [1.54, 1.807) is 14.0 Å². The first-order valence-electron chi connectivity index (χ1n) is 6.08. The van der Waals surface area contributed by atoms with Crippen LogP contribution in [0.25, 0.3) is 0 Å². The molecule has 4 heteroatoms. The van der Waals surface area contributed by atoms with Crippen molar-refractivity contribution in [2.24, 2.45) is 0 Å². The first kappa shape index (κ1) is 13.5. The molecule has 4 nitrogen and oxygen atoms in total. The van der Waals surface area contributed by atoms with Crippen LogP contribution in [-0.2, 0) is 9.53 Å². The first-order chi connectivity index (χ1) is 7.58. The lowest BCUT2D eigenvalue weighted by molar-refractivity contribution is -0.145. The monoisotopic (exact) mass is 229 g/mol. The summed E-state index contributed by atoms with van der Waals surface area (Å²) in [7, 11) is 1.60. The lowest BCUT2D eigenvalue weighted by atomic mass is 9.90. The third-order valence-electron chi connectivity index (χ3n) is 3.41. The molecule has 1 rings (SSSR count). The molecule has 1 atom stereocenters. The molecule has 1 aliphatic carbocycles. The molecule has 1 saturated carbocycles. The third kappa shape index (κ3) is 3.76. The van der Waals surface area contributed by atoms with Crippen LogP contribution in [0.1, 0.15) is 45.4 Å². The average molecular weight is 229 g/mol. The topological polar surface area (TPSA) is 58.6 Å². The number of hydrogen-bond donors (Lipinski definition) is 2. The van der Waals surface area contributed by atoms with Crippen molar-refractivity contribution in [1.29, 1.82) is 0 Å². The largest absolute Gasteiger partial charge is 0.480 e. The van der Waals surface area contributed by atoms with Gasteiger partial charge >= 0.3 is 5.97 Å². The number of aliphatic carboxylic acids is 1. The number of carboxylic acids is 1. The number of carbonyl (C=O) groups is 1. The summed E-state index contributed by atoms with van der Waals surface area (Å²) in [6.45, 7) is 2.23. The van der Waals surface area contributed by atoms with E-state index in [1.165, 1.54) is 19.3 Å². The van der Waals surface area contributed by atoms with Gasteiger partial charge in [-0.3, -0.25) is 10.1 Å². The molecule has 1 unspecified atom stereocenters. The van der Waals surface area contributed by atoms with Crippen LogP contribution in [0.15, 0.2) is 0 Å². The number of rotatable bonds is 6. The van der Waals surface area contributed by atoms with Crippen LogP contribution in [0.3, 0.4) is 0 Å². The summed E-state index contributed by atoms with van der Waals surface area (Å²) >= 11 is 0. The highest BCUT2D eigenvalue weighted by Crippen LogP contribution is 2.21. The maximum absolute atomic E-state index is 11.3. The highest BCUT2D eigenvalue weighted by atomic mass is 16.5. The SMILES string of the molecule is COCCC(C)(NC1CCCCC1)C(=O)O. The minimum absolute atomic E-state index is 0.353. The van der Waals surface area contributed by atoms with Crippen LogP contribution in [0.2, 0.25) is 0 Å². The second kappa shape index (κ2) is 6.21. The van der Waals surface area contributed by atoms with Crippen molar-refractivity contribution in [3.8, 4) is 0 Å². The van der Waals surface area contributed by atoms with Gasteiger partial charge in [0.2, 0.25) is 0 Å². The van der Waals surface area contributed by atoms with E-state index in [4.69, 9.17) is 4.74 Å². The van der Waals surface area contributed by atoms with E-state index in [9.17, 15) is 9.90 Å². The summed E-state index contributed by atoms with van der Waals surface area (Å²) < 4.78 is 4.97. The van der Waals surface area contributed by atoms with Gasteiger partial charge in [-0.15, -0.1) is 0 Å². The van der Waals surface area contributed by atoms with Crippen molar-refractivity contribution in [3.05, 3.63) is 0 Å². The first-order valence-corrected chi connectivity index (χ1v) is 6.08. The predicted octanol–water partition coefficient (Wildman–Crippen LogP) is 1.79. The summed E-state index contributed by atoms with van der Waals surface area (Å²) in [6.07, 6.45) is 6.39. The molecule has 94 valence electrons. The van der Waals surface area contributed by atoms with Gasteiger partial charge in [-0.05, 0) is 26.2 Å². The predicted molar refractivity (Wildman–Crippen MR) is 62.5 cm³/mol. The fourth-order valence-electron chi connectivity index (χ4n) is 2.24. The Hall–Kier alpha value is -0.610. The summed E-state index contributed by atoms with van der Waals surface area (Å²) in [5.41, 5.74) is -0.849. The Morgan fingerprint density at radius 3 is 2.56 bits per heavy atom. The summed E-state index contributed by atoms with van der Waals surface area (Å²) in [5, 5.41) is 12.6. The number of methoxy groups -OCH3 is 1. The van der Waals surface area contributed by atoms with Crippen molar-refractivity contribution in [3.63, 3.8) is 0 Å². The van der Waals surface area contributed by atoms with E-state index in [-0.39, 0.29) is 0 Å². The zero-order valence-corrected chi connectivity index (χ0v) is 10.3. The van der Waals surface area contributed by atoms with E-state index in [0.717, 1.165) is 12.8 Å². The molecule has 0 heterocycles. The average Bonchev–Trinajstić information content (AvgIpc) is 2.27. The van der Waals surface area contributed by atoms with Crippen LogP contribution < -0.4 is 5.32 Å². The van der Waals surface area contributed by atoms with Crippen LogP contribution >= 0.6 is 0 Å². The summed E-state index contributed by atoms with van der Waals surface area (Å²) in [6, 6.07) is 0.353. The Kier molecular flexibility index (Phi) is 5.22. The number of ether oxygens (including phenoxy) is 1. The molecule has 0 bridgehead atoms. The molecule has 0 aromatic heterocycles. The number of nitrogens with one attached hydrogen (secondary N) is 1. The minimum Gasteiger partial charge on any atom is -0.480 e. The standard InChI is InChI=1S/C12H23NO3/c1-12(11(14)15,8-9-16-2)13-10-6-4-3-5-7-10/h10,13H,3-9H2,1-2H3,(H,14,15). The Morgan fingerprint density at radius 2 is 2.06 bits per heavy atom. The van der Waals surface area contributed by atoms with Crippen molar-refractivity contribution in [2.45, 2.75) is 57.0 Å². The molecule has 0 radical (unpaired) electrons. The lowest BCUT2D eigenvalue weighted by Crippen LogP contribution is -2.54. The van der Waals surface area contributed by atoms with Crippen molar-refractivity contribution in [2.75, 3.05) is 13.7 Å². The fraction of sp³-hybridized carbons (Fsp3) is 0.917. The van der Waals surface area contributed by atoms with Gasteiger partial charge < -0.3 is 9.84 Å². The number of carboxylic acid groups (broad SMARTS) is 1. The van der Waals surface area contributed by atoms with Crippen LogP contribution in [-0.4, -0.2) is 36.4 Å². The van der Waals surface area contributed by atoms with Crippen molar-refractivity contribution in [1.82, 2.24) is 5.32 Å². The maximum atomic E-state index is 11.3. The molecule has 0 amide bonds. The molecular formula is C12H23NO3. The fourth-order valence-corrected chi connectivity index (χ4v) is 2.24. The Labute approximate surface area is 97.4 Å². The highest BCUT2D eigenvalue weighted by molar-refractivity contribution is 5.78. The Bertz CT molecular complexity index is 226. The van der Waals surface area contributed by atoms with Crippen LogP contribution in [0.4, 0.5) is 0 Å². The minimum atomic E-state index is -0.849. The smallest absolute Gasteiger partial charge is 0.323 e. The molecule has 16 heavy (non-hydrogen) atoms. The van der Waals surface area contributed by atoms with Gasteiger partial charge in [-0.2, -0.15) is 0 Å². The van der Waals surface area contributed by atoms with Gasteiger partial charge in [0, 0.05) is 19.8 Å². The molecule has 0 spiro atoms. The zero-order chi connectivity index (χ0) is 12.0. The molecular weight excluding hydrogens is 206 g/mol. The molecule has 0 aromatic rings. The van der Waals surface area contributed by atoms with Crippen LogP contribution in [0.5, 0.6) is 0 Å². The van der Waals surface area contributed by atoms with E-state index in [0.29, 0.717) is 19.1 Å². The molecule has 1 aliphatic rings. The Morgan fingerprint density at radius 1 is 1.44 bits per heavy atom. The van der Waals surface area contributed by atoms with Crippen LogP contribution in [0, 0.1) is 0 Å². The van der Waals surface area contributed by atoms with E-state index in [2.05, 4.69) is 5.32 Å². The van der Waals surface area contributed by atoms with Gasteiger partial charge in [0.15, 0.2) is 0 Å². The second-order valence-electron chi connectivity index (χ2n) is 4.86. The lowest BCUT2D eigenvalue weighted by Gasteiger charge is -2.33. The highest BCUT2D eigenvalue weighted by Gasteiger charge is 2.34. The molecule has 2 N–H and O–H groups in total. The zero-order valence-electron chi connectivity index (χ0n) is 10.3. The summed E-state index contributed by atoms with van der Waals surface area (Å²) in [5.74, 6) is -0.782. The van der Waals surface area contributed by atoms with Crippen molar-refractivity contribution < 1.29 is 14.6 Å². The Balaban J connectivity index is 2.51. The van der Waals surface area contributed by atoms with Gasteiger partial charge in [-0.1, -0.05) is 19.3 Å². The summed E-state index contributed by atoms with van der Waals surface area (Å²) in [4.78, 5) is 11.3. The quantitative estimate of drug-likeness (QED) is 0.729. The molecule has 0 aliphatic heterocycles. The normalized spacial score (nSPS) is 21.6. The van der Waals surface area contributed by atoms with E-state index >= 15 is 0 Å². The number of hydrogen-bond acceptors (Lipinski definition) is 3. The van der Waals surface area contributed by atoms with Gasteiger partial charge in [0.25, 0.3) is 0 Å².